The van der Waals surface area contributed by atoms with Crippen LogP contribution < -0.4 is 14.9 Å². The van der Waals surface area contributed by atoms with Crippen molar-refractivity contribution in [1.29, 1.82) is 0 Å². The number of pyridine rings is 1. The van der Waals surface area contributed by atoms with Crippen LogP contribution >= 0.6 is 0 Å². The number of benzene rings is 1. The fourth-order valence-corrected chi connectivity index (χ4v) is 5.62. The Labute approximate surface area is 207 Å². The molecule has 2 N–H and O–H groups in total. The van der Waals surface area contributed by atoms with Gasteiger partial charge in [0.2, 0.25) is 21.8 Å². The number of carbonyl (C=O) groups excluding carboxylic acids is 2. The van der Waals surface area contributed by atoms with E-state index in [1.54, 1.807) is 23.2 Å². The number of fused-ring (bicyclic) bond motifs is 1. The topological polar surface area (TPSA) is 112 Å². The smallest absolute Gasteiger partial charge is 0.240 e. The van der Waals surface area contributed by atoms with Crippen molar-refractivity contribution in [3.05, 3.63) is 53.7 Å². The third-order valence-corrected chi connectivity index (χ3v) is 8.00. The first-order valence-electron chi connectivity index (χ1n) is 12.2. The molecule has 188 valence electrons. The molecule has 35 heavy (non-hydrogen) atoms. The van der Waals surface area contributed by atoms with Gasteiger partial charge in [-0.1, -0.05) is 12.1 Å². The third-order valence-electron chi connectivity index (χ3n) is 6.54. The fourth-order valence-electron chi connectivity index (χ4n) is 4.54. The van der Waals surface area contributed by atoms with Crippen molar-refractivity contribution >= 4 is 27.7 Å². The number of hydrogen-bond acceptors (Lipinski definition) is 6. The fraction of sp³-hybridized carbons (Fsp3) is 0.480. The molecule has 0 bridgehead atoms. The van der Waals surface area contributed by atoms with Crippen molar-refractivity contribution in [2.45, 2.75) is 43.4 Å². The van der Waals surface area contributed by atoms with Gasteiger partial charge in [-0.2, -0.15) is 0 Å². The molecule has 2 aromatic rings. The Hall–Kier alpha value is -2.98. The summed E-state index contributed by atoms with van der Waals surface area (Å²) in [5, 5.41) is 2.71. The van der Waals surface area contributed by atoms with E-state index in [0.29, 0.717) is 13.1 Å². The van der Waals surface area contributed by atoms with E-state index >= 15 is 0 Å². The number of hydrogen-bond donors (Lipinski definition) is 2. The third kappa shape index (κ3) is 6.79. The Morgan fingerprint density at radius 2 is 1.69 bits per heavy atom. The number of aryl methyl sites for hydroxylation is 2. The number of carbonyl (C=O) groups is 2. The molecule has 0 unspecified atom stereocenters. The number of nitrogens with one attached hydrogen (secondary N) is 2. The van der Waals surface area contributed by atoms with E-state index in [2.05, 4.69) is 19.9 Å². The average Bonchev–Trinajstić information content (AvgIpc) is 2.89. The molecular formula is C25H33N5O4S. The number of aromatic nitrogens is 1. The molecule has 2 aliphatic rings. The van der Waals surface area contributed by atoms with E-state index in [9.17, 15) is 18.0 Å². The number of rotatable bonds is 9. The summed E-state index contributed by atoms with van der Waals surface area (Å²) in [6, 6.07) is 11.1. The number of piperazine rings is 1. The van der Waals surface area contributed by atoms with Gasteiger partial charge in [0, 0.05) is 58.3 Å². The Morgan fingerprint density at radius 3 is 2.43 bits per heavy atom. The molecule has 0 saturated carbocycles. The van der Waals surface area contributed by atoms with E-state index in [-0.39, 0.29) is 42.6 Å². The van der Waals surface area contributed by atoms with E-state index < -0.39 is 10.0 Å². The van der Waals surface area contributed by atoms with Gasteiger partial charge in [-0.25, -0.2) is 18.1 Å². The zero-order valence-corrected chi connectivity index (χ0v) is 20.7. The largest absolute Gasteiger partial charge is 0.356 e. The monoisotopic (exact) mass is 499 g/mol. The van der Waals surface area contributed by atoms with E-state index in [0.717, 1.165) is 50.2 Å². The SMILES string of the molecule is O=C(CCNS(=O)(=O)c1ccc2c(c1)CCCC2)NCCC(=O)N1CCN(c2ccccn2)CC1. The van der Waals surface area contributed by atoms with Crippen LogP contribution in [0.15, 0.2) is 47.5 Å². The number of nitrogens with zero attached hydrogens (tertiary/aromatic N) is 3. The molecule has 0 radical (unpaired) electrons. The van der Waals surface area contributed by atoms with Gasteiger partial charge >= 0.3 is 0 Å². The van der Waals surface area contributed by atoms with Crippen LogP contribution in [0.25, 0.3) is 0 Å². The first-order valence-corrected chi connectivity index (χ1v) is 13.7. The minimum atomic E-state index is -3.66. The second-order valence-electron chi connectivity index (χ2n) is 8.94. The van der Waals surface area contributed by atoms with Gasteiger partial charge < -0.3 is 15.1 Å². The van der Waals surface area contributed by atoms with Crippen LogP contribution in [0, 0.1) is 0 Å². The normalized spacial score (nSPS) is 16.0. The summed E-state index contributed by atoms with van der Waals surface area (Å²) in [7, 11) is -3.66. The highest BCUT2D eigenvalue weighted by Gasteiger charge is 2.22. The zero-order valence-electron chi connectivity index (χ0n) is 19.9. The first kappa shape index (κ1) is 25.1. The minimum absolute atomic E-state index is 0.000849. The van der Waals surface area contributed by atoms with E-state index in [4.69, 9.17) is 0 Å². The Bertz CT molecular complexity index is 1130. The van der Waals surface area contributed by atoms with E-state index in [1.165, 1.54) is 5.56 Å². The predicted molar refractivity (Wildman–Crippen MR) is 134 cm³/mol. The lowest BCUT2D eigenvalue weighted by Crippen LogP contribution is -2.49. The van der Waals surface area contributed by atoms with Gasteiger partial charge in [0.1, 0.15) is 5.82 Å². The van der Waals surface area contributed by atoms with Crippen molar-refractivity contribution in [2.75, 3.05) is 44.2 Å². The maximum absolute atomic E-state index is 12.6. The highest BCUT2D eigenvalue weighted by Crippen LogP contribution is 2.24. The Balaban J connectivity index is 1.13. The average molecular weight is 500 g/mol. The summed E-state index contributed by atoms with van der Waals surface area (Å²) < 4.78 is 27.7. The lowest BCUT2D eigenvalue weighted by Gasteiger charge is -2.35. The van der Waals surface area contributed by atoms with Crippen LogP contribution in [0.3, 0.4) is 0 Å². The molecule has 2 amide bonds. The van der Waals surface area contributed by atoms with Crippen molar-refractivity contribution in [2.24, 2.45) is 0 Å². The molecule has 0 atom stereocenters. The van der Waals surface area contributed by atoms with Gasteiger partial charge in [-0.05, 0) is 61.1 Å². The molecule has 1 fully saturated rings. The van der Waals surface area contributed by atoms with Crippen molar-refractivity contribution < 1.29 is 18.0 Å². The predicted octanol–water partition coefficient (Wildman–Crippen LogP) is 1.48. The molecule has 1 aromatic carbocycles. The molecule has 1 saturated heterocycles. The molecule has 9 nitrogen and oxygen atoms in total. The summed E-state index contributed by atoms with van der Waals surface area (Å²) in [4.78, 5) is 33.1. The lowest BCUT2D eigenvalue weighted by atomic mass is 9.92. The molecule has 0 spiro atoms. The molecule has 2 heterocycles. The molecule has 10 heteroatoms. The van der Waals surface area contributed by atoms with Crippen LogP contribution in [0.5, 0.6) is 0 Å². The van der Waals surface area contributed by atoms with Gasteiger partial charge in [0.15, 0.2) is 0 Å². The second kappa shape index (κ2) is 11.6. The van der Waals surface area contributed by atoms with Crippen LogP contribution in [-0.2, 0) is 32.5 Å². The Morgan fingerprint density at radius 1 is 0.914 bits per heavy atom. The van der Waals surface area contributed by atoms with Crippen LogP contribution in [0.4, 0.5) is 5.82 Å². The molecule has 1 aromatic heterocycles. The molecule has 1 aliphatic heterocycles. The van der Waals surface area contributed by atoms with Gasteiger partial charge in [0.25, 0.3) is 0 Å². The van der Waals surface area contributed by atoms with Crippen molar-refractivity contribution in [3.63, 3.8) is 0 Å². The Kier molecular flexibility index (Phi) is 8.35. The van der Waals surface area contributed by atoms with Gasteiger partial charge in [-0.15, -0.1) is 0 Å². The van der Waals surface area contributed by atoms with Crippen molar-refractivity contribution in [3.8, 4) is 0 Å². The number of amides is 2. The molecular weight excluding hydrogens is 466 g/mol. The molecule has 4 rings (SSSR count). The summed E-state index contributed by atoms with van der Waals surface area (Å²) in [5.41, 5.74) is 2.32. The number of sulfonamides is 1. The first-order chi connectivity index (χ1) is 16.9. The van der Waals surface area contributed by atoms with E-state index in [1.807, 2.05) is 24.3 Å². The number of anilines is 1. The van der Waals surface area contributed by atoms with Crippen LogP contribution in [0.1, 0.15) is 36.8 Å². The minimum Gasteiger partial charge on any atom is -0.356 e. The maximum Gasteiger partial charge on any atom is 0.240 e. The standard InChI is InChI=1S/C25H33N5O4S/c31-24(10-14-28-35(33,34)22-9-8-20-5-1-2-6-21(20)19-22)27-13-11-25(32)30-17-15-29(16-18-30)23-7-3-4-12-26-23/h3-4,7-9,12,19,28H,1-2,5-6,10-11,13-18H2,(H,27,31). The van der Waals surface area contributed by atoms with Gasteiger partial charge in [-0.3, -0.25) is 9.59 Å². The lowest BCUT2D eigenvalue weighted by molar-refractivity contribution is -0.131. The highest BCUT2D eigenvalue weighted by atomic mass is 32.2. The highest BCUT2D eigenvalue weighted by molar-refractivity contribution is 7.89. The van der Waals surface area contributed by atoms with Crippen molar-refractivity contribution in [1.82, 2.24) is 19.9 Å². The quantitative estimate of drug-likeness (QED) is 0.541. The van der Waals surface area contributed by atoms with Crippen LogP contribution in [0.2, 0.25) is 0 Å². The van der Waals surface area contributed by atoms with Gasteiger partial charge in [0.05, 0.1) is 4.90 Å². The second-order valence-corrected chi connectivity index (χ2v) is 10.7. The summed E-state index contributed by atoms with van der Waals surface area (Å²) in [5.74, 6) is 0.624. The summed E-state index contributed by atoms with van der Waals surface area (Å²) in [6.07, 6.45) is 6.10. The summed E-state index contributed by atoms with van der Waals surface area (Å²) in [6.45, 7) is 2.92. The zero-order chi connectivity index (χ0) is 24.7. The summed E-state index contributed by atoms with van der Waals surface area (Å²) >= 11 is 0. The van der Waals surface area contributed by atoms with Crippen LogP contribution in [-0.4, -0.2) is 69.4 Å². The molecule has 1 aliphatic carbocycles. The maximum atomic E-state index is 12.6.